The van der Waals surface area contributed by atoms with Crippen molar-refractivity contribution in [3.8, 4) is 28.6 Å². The van der Waals surface area contributed by atoms with Crippen molar-refractivity contribution in [1.82, 2.24) is 9.55 Å². The first kappa shape index (κ1) is 16.9. The van der Waals surface area contributed by atoms with E-state index in [0.717, 1.165) is 54.9 Å². The lowest BCUT2D eigenvalue weighted by molar-refractivity contribution is 0.594. The molecule has 0 aliphatic carbocycles. The van der Waals surface area contributed by atoms with E-state index in [2.05, 4.69) is 27.8 Å². The van der Waals surface area contributed by atoms with E-state index in [-0.39, 0.29) is 0 Å². The molecule has 0 radical (unpaired) electrons. The molecule has 0 saturated heterocycles. The Morgan fingerprint density at radius 2 is 1.68 bits per heavy atom. The summed E-state index contributed by atoms with van der Waals surface area (Å²) in [7, 11) is 0. The van der Waals surface area contributed by atoms with Gasteiger partial charge in [0.05, 0.1) is 29.3 Å². The van der Waals surface area contributed by atoms with Crippen molar-refractivity contribution in [2.24, 2.45) is 5.73 Å². The molecule has 0 atom stereocenters. The first-order chi connectivity index (χ1) is 12.3. The van der Waals surface area contributed by atoms with Gasteiger partial charge >= 0.3 is 0 Å². The maximum atomic E-state index is 9.04. The van der Waals surface area contributed by atoms with E-state index in [1.54, 1.807) is 0 Å². The van der Waals surface area contributed by atoms with Crippen LogP contribution in [0.2, 0.25) is 0 Å². The number of aryl methyl sites for hydroxylation is 1. The molecule has 0 amide bonds. The van der Waals surface area contributed by atoms with E-state index >= 15 is 0 Å². The zero-order valence-corrected chi connectivity index (χ0v) is 14.2. The fourth-order valence-electron chi connectivity index (χ4n) is 2.97. The average molecular weight is 330 g/mol. The van der Waals surface area contributed by atoms with Crippen LogP contribution in [0.4, 0.5) is 0 Å². The number of imidazole rings is 1. The second kappa shape index (κ2) is 8.27. The molecule has 0 bridgehead atoms. The quantitative estimate of drug-likeness (QED) is 0.660. The van der Waals surface area contributed by atoms with Gasteiger partial charge in [0.2, 0.25) is 0 Å². The number of nitrogens with two attached hydrogens (primary N) is 1. The summed E-state index contributed by atoms with van der Waals surface area (Å²) in [4.78, 5) is 4.68. The van der Waals surface area contributed by atoms with Crippen LogP contribution in [0.15, 0.2) is 60.9 Å². The Hall–Kier alpha value is -2.90. The van der Waals surface area contributed by atoms with Crippen LogP contribution in [0.1, 0.15) is 24.8 Å². The van der Waals surface area contributed by atoms with Crippen molar-refractivity contribution in [2.75, 3.05) is 6.54 Å². The van der Waals surface area contributed by atoms with Gasteiger partial charge in [-0.05, 0) is 31.5 Å². The topological polar surface area (TPSA) is 67.6 Å². The van der Waals surface area contributed by atoms with E-state index in [0.29, 0.717) is 5.56 Å². The summed E-state index contributed by atoms with van der Waals surface area (Å²) >= 11 is 0. The van der Waals surface area contributed by atoms with Crippen LogP contribution in [0.3, 0.4) is 0 Å². The SMILES string of the molecule is N#Cc1ccc(-c2c(-c3ccccc3)ncn2CCCCCN)cc1. The molecule has 0 spiro atoms. The molecule has 0 fully saturated rings. The van der Waals surface area contributed by atoms with E-state index in [1.807, 2.05) is 48.8 Å². The molecule has 2 aromatic carbocycles. The van der Waals surface area contributed by atoms with Crippen molar-refractivity contribution < 1.29 is 0 Å². The van der Waals surface area contributed by atoms with E-state index in [4.69, 9.17) is 11.0 Å². The molecule has 0 unspecified atom stereocenters. The molecule has 3 aromatic rings. The second-order valence-corrected chi connectivity index (χ2v) is 6.04. The Morgan fingerprint density at radius 1 is 0.920 bits per heavy atom. The van der Waals surface area contributed by atoms with Crippen LogP contribution < -0.4 is 5.73 Å². The maximum Gasteiger partial charge on any atom is 0.0991 e. The van der Waals surface area contributed by atoms with Crippen LogP contribution in [-0.4, -0.2) is 16.1 Å². The zero-order valence-electron chi connectivity index (χ0n) is 14.2. The van der Waals surface area contributed by atoms with Gasteiger partial charge < -0.3 is 10.3 Å². The van der Waals surface area contributed by atoms with Gasteiger partial charge in [0.1, 0.15) is 0 Å². The Morgan fingerprint density at radius 3 is 2.36 bits per heavy atom. The molecule has 126 valence electrons. The molecule has 0 saturated carbocycles. The van der Waals surface area contributed by atoms with Crippen LogP contribution in [0, 0.1) is 11.3 Å². The van der Waals surface area contributed by atoms with Gasteiger partial charge in [-0.3, -0.25) is 0 Å². The molecular weight excluding hydrogens is 308 g/mol. The van der Waals surface area contributed by atoms with Crippen molar-refractivity contribution in [3.05, 3.63) is 66.5 Å². The van der Waals surface area contributed by atoms with Crippen LogP contribution >= 0.6 is 0 Å². The zero-order chi connectivity index (χ0) is 17.5. The molecule has 1 aromatic heterocycles. The highest BCUT2D eigenvalue weighted by Gasteiger charge is 2.14. The van der Waals surface area contributed by atoms with Crippen molar-refractivity contribution in [2.45, 2.75) is 25.8 Å². The van der Waals surface area contributed by atoms with E-state index < -0.39 is 0 Å². The minimum absolute atomic E-state index is 0.666. The fraction of sp³-hybridized carbons (Fsp3) is 0.238. The van der Waals surface area contributed by atoms with Crippen LogP contribution in [0.25, 0.3) is 22.5 Å². The molecule has 0 aliphatic heterocycles. The highest BCUT2D eigenvalue weighted by atomic mass is 15.1. The summed E-state index contributed by atoms with van der Waals surface area (Å²) in [5.74, 6) is 0. The minimum Gasteiger partial charge on any atom is -0.330 e. The van der Waals surface area contributed by atoms with Gasteiger partial charge in [-0.15, -0.1) is 0 Å². The molecular formula is C21H22N4. The molecule has 3 rings (SSSR count). The van der Waals surface area contributed by atoms with Gasteiger partial charge in [-0.2, -0.15) is 5.26 Å². The van der Waals surface area contributed by atoms with Crippen molar-refractivity contribution in [3.63, 3.8) is 0 Å². The number of rotatable bonds is 7. The normalized spacial score (nSPS) is 10.6. The smallest absolute Gasteiger partial charge is 0.0991 e. The number of hydrogen-bond donors (Lipinski definition) is 1. The van der Waals surface area contributed by atoms with Crippen molar-refractivity contribution >= 4 is 0 Å². The molecule has 2 N–H and O–H groups in total. The first-order valence-electron chi connectivity index (χ1n) is 8.64. The molecule has 4 heteroatoms. The summed E-state index contributed by atoms with van der Waals surface area (Å²) < 4.78 is 2.21. The van der Waals surface area contributed by atoms with Crippen LogP contribution in [-0.2, 0) is 6.54 Å². The Bertz CT molecular complexity index is 842. The summed E-state index contributed by atoms with van der Waals surface area (Å²) in [5, 5.41) is 9.04. The number of hydrogen-bond acceptors (Lipinski definition) is 3. The third-order valence-corrected chi connectivity index (χ3v) is 4.28. The van der Waals surface area contributed by atoms with Crippen LogP contribution in [0.5, 0.6) is 0 Å². The monoisotopic (exact) mass is 330 g/mol. The number of aromatic nitrogens is 2. The lowest BCUT2D eigenvalue weighted by Crippen LogP contribution is -2.02. The largest absolute Gasteiger partial charge is 0.330 e. The number of benzene rings is 2. The third-order valence-electron chi connectivity index (χ3n) is 4.28. The first-order valence-corrected chi connectivity index (χ1v) is 8.64. The summed E-state index contributed by atoms with van der Waals surface area (Å²) in [6.45, 7) is 1.65. The summed E-state index contributed by atoms with van der Waals surface area (Å²) in [5.41, 5.74) is 10.5. The minimum atomic E-state index is 0.666. The molecule has 25 heavy (non-hydrogen) atoms. The number of nitriles is 1. The highest BCUT2D eigenvalue weighted by Crippen LogP contribution is 2.31. The lowest BCUT2D eigenvalue weighted by Gasteiger charge is -2.11. The Labute approximate surface area is 148 Å². The summed E-state index contributed by atoms with van der Waals surface area (Å²) in [6, 6.07) is 20.1. The molecule has 0 aliphatic rings. The van der Waals surface area contributed by atoms with Gasteiger partial charge in [0.25, 0.3) is 0 Å². The number of nitrogens with zero attached hydrogens (tertiary/aromatic N) is 3. The van der Waals surface area contributed by atoms with Crippen molar-refractivity contribution in [1.29, 1.82) is 5.26 Å². The van der Waals surface area contributed by atoms with Gasteiger partial charge in [-0.25, -0.2) is 4.98 Å². The second-order valence-electron chi connectivity index (χ2n) is 6.04. The fourth-order valence-corrected chi connectivity index (χ4v) is 2.97. The van der Waals surface area contributed by atoms with Gasteiger partial charge in [0.15, 0.2) is 0 Å². The van der Waals surface area contributed by atoms with Gasteiger partial charge in [-0.1, -0.05) is 48.9 Å². The predicted molar refractivity (Wildman–Crippen MR) is 101 cm³/mol. The Balaban J connectivity index is 1.98. The molecule has 4 nitrogen and oxygen atoms in total. The highest BCUT2D eigenvalue weighted by molar-refractivity contribution is 5.78. The summed E-state index contributed by atoms with van der Waals surface area (Å²) in [6.07, 6.45) is 5.15. The standard InChI is InChI=1S/C21H22N4/c22-13-5-2-6-14-25-16-24-20(18-7-3-1-4-8-18)21(25)19-11-9-17(15-23)10-12-19/h1,3-4,7-12,16H,2,5-6,13-14,22H2. The average Bonchev–Trinajstić information content (AvgIpc) is 3.10. The van der Waals surface area contributed by atoms with E-state index in [1.165, 1.54) is 0 Å². The third kappa shape index (κ3) is 3.96. The maximum absolute atomic E-state index is 9.04. The number of unbranched alkanes of at least 4 members (excludes halogenated alkanes) is 2. The lowest BCUT2D eigenvalue weighted by atomic mass is 10.0. The Kier molecular flexibility index (Phi) is 5.61. The predicted octanol–water partition coefficient (Wildman–Crippen LogP) is 4.22. The van der Waals surface area contributed by atoms with E-state index in [9.17, 15) is 0 Å². The van der Waals surface area contributed by atoms with Gasteiger partial charge in [0, 0.05) is 17.7 Å². The molecule has 1 heterocycles.